The molecule has 0 amide bonds. The number of thiocarbonyl (C=S) groups is 1. The molecule has 10 heavy (non-hydrogen) atoms. The lowest BCUT2D eigenvalue weighted by Gasteiger charge is -2.00. The zero-order chi connectivity index (χ0) is 7.98. The molecule has 0 saturated carbocycles. The fourth-order valence-electron chi connectivity index (χ4n) is 0.397. The van der Waals surface area contributed by atoms with Crippen molar-refractivity contribution in [3.63, 3.8) is 0 Å². The number of esters is 1. The van der Waals surface area contributed by atoms with Crippen molar-refractivity contribution >= 4 is 43.5 Å². The number of hydrogen-bond donors (Lipinski definition) is 0. The van der Waals surface area contributed by atoms with Gasteiger partial charge in [0.1, 0.15) is 10.5 Å². The van der Waals surface area contributed by atoms with Gasteiger partial charge in [-0.05, 0) is 12.2 Å². The molecule has 0 bridgehead atoms. The van der Waals surface area contributed by atoms with Gasteiger partial charge in [0.2, 0.25) is 0 Å². The van der Waals surface area contributed by atoms with Crippen molar-refractivity contribution in [1.29, 1.82) is 0 Å². The van der Waals surface area contributed by atoms with Crippen molar-refractivity contribution in [2.45, 2.75) is 13.0 Å². The summed E-state index contributed by atoms with van der Waals surface area (Å²) >= 11 is 4.72. The van der Waals surface area contributed by atoms with Gasteiger partial charge in [-0.3, -0.25) is 4.79 Å². The molecule has 0 aliphatic heterocycles. The van der Waals surface area contributed by atoms with Gasteiger partial charge in [0.25, 0.3) is 0 Å². The predicted molar refractivity (Wildman–Crippen MR) is 48.7 cm³/mol. The van der Waals surface area contributed by atoms with Gasteiger partial charge in [0, 0.05) is 13.0 Å². The summed E-state index contributed by atoms with van der Waals surface area (Å²) in [5.74, 6) is -0.340. The van der Waals surface area contributed by atoms with Crippen molar-refractivity contribution in [2.24, 2.45) is 0 Å². The highest BCUT2D eigenvalue weighted by Gasteiger charge is 1.99. The second kappa shape index (κ2) is 5.72. The third-order valence-electron chi connectivity index (χ3n) is 0.768. The Morgan fingerprint density at radius 3 is 2.80 bits per heavy atom. The summed E-state index contributed by atoms with van der Waals surface area (Å²) in [7, 11) is 0.229. The largest absolute Gasteiger partial charge is 0.468 e. The molecule has 0 N–H and O–H groups in total. The van der Waals surface area contributed by atoms with Crippen LogP contribution < -0.4 is 0 Å². The average molecular weight is 194 g/mol. The van der Waals surface area contributed by atoms with E-state index in [2.05, 4.69) is 4.74 Å². The van der Waals surface area contributed by atoms with Crippen molar-refractivity contribution < 1.29 is 13.6 Å². The van der Waals surface area contributed by atoms with Crippen molar-refractivity contribution in [3.05, 3.63) is 0 Å². The minimum atomic E-state index is -0.525. The first kappa shape index (κ1) is 9.95. The molecule has 0 saturated heterocycles. The zero-order valence-electron chi connectivity index (χ0n) is 6.05. The first-order valence-electron chi connectivity index (χ1n) is 2.87. The Kier molecular flexibility index (Phi) is 5.69. The monoisotopic (exact) mass is 194 g/mol. The van der Waals surface area contributed by atoms with E-state index in [9.17, 15) is 4.79 Å². The van der Waals surface area contributed by atoms with Gasteiger partial charge in [-0.15, -0.1) is 0 Å². The lowest BCUT2D eigenvalue weighted by atomic mass is 10.8. The second-order valence-electron chi connectivity index (χ2n) is 1.71. The number of ether oxygens (including phenoxy) is 1. The molecule has 0 spiro atoms. The topological polar surface area (TPSA) is 35.5 Å². The highest BCUT2D eigenvalue weighted by Crippen LogP contribution is 1.90. The van der Waals surface area contributed by atoms with Gasteiger partial charge < -0.3 is 8.85 Å². The maximum absolute atomic E-state index is 10.3. The van der Waals surface area contributed by atoms with E-state index in [0.29, 0.717) is 11.1 Å². The van der Waals surface area contributed by atoms with Gasteiger partial charge >= 0.3 is 5.97 Å². The van der Waals surface area contributed by atoms with Crippen LogP contribution in [0.3, 0.4) is 0 Å². The molecule has 58 valence electrons. The molecule has 0 aliphatic carbocycles. The predicted octanol–water partition coefficient (Wildman–Crippen LogP) is -1.32. The second-order valence-corrected chi connectivity index (χ2v) is 5.38. The van der Waals surface area contributed by atoms with Crippen LogP contribution in [0.1, 0.15) is 6.92 Å². The Hall–Kier alpha value is -0.0462. The van der Waals surface area contributed by atoms with E-state index in [1.54, 1.807) is 0 Å². The van der Waals surface area contributed by atoms with Crippen LogP contribution in [-0.4, -0.2) is 31.3 Å². The molecule has 0 fully saturated rings. The van der Waals surface area contributed by atoms with E-state index in [1.165, 1.54) is 6.92 Å². The Labute approximate surface area is 70.6 Å². The minimum absolute atomic E-state index is 0.340. The Morgan fingerprint density at radius 1 is 1.80 bits per heavy atom. The summed E-state index contributed by atoms with van der Waals surface area (Å²) in [6.45, 7) is 1.34. The summed E-state index contributed by atoms with van der Waals surface area (Å²) < 4.78 is 9.61. The summed E-state index contributed by atoms with van der Waals surface area (Å²) in [5.41, 5.74) is 0. The summed E-state index contributed by atoms with van der Waals surface area (Å²) in [4.78, 5) is 10.3. The van der Waals surface area contributed by atoms with Gasteiger partial charge in [-0.25, -0.2) is 0 Å². The van der Waals surface area contributed by atoms with Crippen molar-refractivity contribution in [2.75, 3.05) is 0 Å². The van der Waals surface area contributed by atoms with Crippen molar-refractivity contribution in [3.8, 4) is 0 Å². The average Bonchev–Trinajstić information content (AvgIpc) is 1.82. The summed E-state index contributed by atoms with van der Waals surface area (Å²) in [6, 6.07) is 0.665. The van der Waals surface area contributed by atoms with Crippen LogP contribution in [0, 0.1) is 0 Å². The van der Waals surface area contributed by atoms with E-state index in [4.69, 9.17) is 16.3 Å². The Morgan fingerprint density at radius 2 is 2.40 bits per heavy atom. The summed E-state index contributed by atoms with van der Waals surface area (Å²) in [6.07, 6.45) is 0. The lowest BCUT2D eigenvalue weighted by Crippen LogP contribution is -2.09. The van der Waals surface area contributed by atoms with E-state index >= 15 is 0 Å². The number of hydrogen-bond acceptors (Lipinski definition) is 4. The van der Waals surface area contributed by atoms with E-state index < -0.39 is 9.76 Å². The number of carbonyl (C=O) groups is 1. The van der Waals surface area contributed by atoms with Crippen LogP contribution in [-0.2, 0) is 13.6 Å². The highest BCUT2D eigenvalue weighted by atomic mass is 32.1. The molecule has 3 nitrogen and oxygen atoms in total. The normalized spacial score (nSPS) is 10.5. The molecule has 6 heteroatoms. The van der Waals surface area contributed by atoms with E-state index in [-0.39, 0.29) is 5.97 Å². The van der Waals surface area contributed by atoms with E-state index in [1.807, 2.05) is 0 Å². The number of rotatable bonds is 3. The molecule has 0 rings (SSSR count). The van der Waals surface area contributed by atoms with Crippen LogP contribution in [0.2, 0.25) is 6.04 Å². The molecule has 0 radical (unpaired) electrons. The molecule has 0 atom stereocenters. The quantitative estimate of drug-likeness (QED) is 0.317. The molecular formula is C4H10O3SSi2. The van der Waals surface area contributed by atoms with Gasteiger partial charge in [0.05, 0.1) is 0 Å². The molecule has 0 aromatic rings. The lowest BCUT2D eigenvalue weighted by molar-refractivity contribution is -0.132. The van der Waals surface area contributed by atoms with Gasteiger partial charge in [-0.1, -0.05) is 0 Å². The molecule has 0 heterocycles. The maximum atomic E-state index is 10.3. The van der Waals surface area contributed by atoms with Crippen LogP contribution in [0.5, 0.6) is 0 Å². The minimum Gasteiger partial charge on any atom is -0.468 e. The Bertz CT molecular complexity index is 138. The van der Waals surface area contributed by atoms with Crippen LogP contribution in [0.4, 0.5) is 0 Å². The first-order chi connectivity index (χ1) is 4.66. The summed E-state index contributed by atoms with van der Waals surface area (Å²) in [5, 5.41) is 0.370. The first-order valence-corrected chi connectivity index (χ1v) is 5.67. The van der Waals surface area contributed by atoms with Crippen molar-refractivity contribution in [1.82, 2.24) is 0 Å². The fourth-order valence-corrected chi connectivity index (χ4v) is 1.85. The van der Waals surface area contributed by atoms with Gasteiger partial charge in [-0.2, -0.15) is 0 Å². The van der Waals surface area contributed by atoms with Crippen LogP contribution in [0.15, 0.2) is 0 Å². The third kappa shape index (κ3) is 6.08. The molecule has 0 aromatic carbocycles. The standard InChI is InChI=1S/C4H10O3SSi2/c1-3(5)6-4(8)2-10-7-9/h2,10H2,1,9H3. The molecule has 0 aliphatic rings. The fraction of sp³-hybridized carbons (Fsp3) is 0.500. The zero-order valence-corrected chi connectivity index (χ0v) is 10.3. The van der Waals surface area contributed by atoms with Gasteiger partial charge in [0.15, 0.2) is 14.8 Å². The highest BCUT2D eigenvalue weighted by molar-refractivity contribution is 7.80. The number of carbonyl (C=O) groups excluding carboxylic acids is 1. The Balaban J connectivity index is 3.35. The SMILES string of the molecule is CC(=O)OC(=S)C[SiH2]O[SiH3]. The maximum Gasteiger partial charge on any atom is 0.308 e. The van der Waals surface area contributed by atoms with Crippen LogP contribution >= 0.6 is 12.2 Å². The smallest absolute Gasteiger partial charge is 0.308 e. The third-order valence-corrected chi connectivity index (χ3v) is 3.71. The molecule has 0 aromatic heterocycles. The molecular weight excluding hydrogens is 184 g/mol. The van der Waals surface area contributed by atoms with Crippen LogP contribution in [0.25, 0.3) is 0 Å². The van der Waals surface area contributed by atoms with E-state index in [0.717, 1.165) is 10.5 Å². The molecule has 0 unspecified atom stereocenters.